The van der Waals surface area contributed by atoms with Gasteiger partial charge in [-0.2, -0.15) is 9.97 Å². The van der Waals surface area contributed by atoms with Crippen molar-refractivity contribution in [1.82, 2.24) is 25.3 Å². The van der Waals surface area contributed by atoms with E-state index in [1.54, 1.807) is 20.2 Å². The van der Waals surface area contributed by atoms with Gasteiger partial charge in [-0.15, -0.1) is 0 Å². The normalized spacial score (nSPS) is 27.2. The molecule has 7 rings (SSSR count). The molecular formula is C33H43N7O5. The Labute approximate surface area is 263 Å². The first kappa shape index (κ1) is 30.1. The van der Waals surface area contributed by atoms with Crippen LogP contribution < -0.4 is 20.5 Å². The van der Waals surface area contributed by atoms with E-state index in [1.807, 2.05) is 12.3 Å². The number of anilines is 1. The van der Waals surface area contributed by atoms with E-state index in [9.17, 15) is 0 Å². The summed E-state index contributed by atoms with van der Waals surface area (Å²) in [7, 11) is 5.64. The Bertz CT molecular complexity index is 1570. The molecule has 2 fully saturated rings. The summed E-state index contributed by atoms with van der Waals surface area (Å²) in [6, 6.07) is 6.08. The number of nitrogens with two attached hydrogens (primary N) is 1. The summed E-state index contributed by atoms with van der Waals surface area (Å²) in [4.78, 5) is 16.4. The summed E-state index contributed by atoms with van der Waals surface area (Å²) in [5, 5.41) is 7.84. The first-order chi connectivity index (χ1) is 21.9. The number of benzene rings is 1. The fraction of sp³-hybridized carbons (Fsp3) is 0.576. The molecule has 240 valence electrons. The molecule has 3 aromatic rings. The van der Waals surface area contributed by atoms with Crippen LogP contribution in [0.4, 0.5) is 5.69 Å². The number of nitrogen functional groups attached to an aromatic ring is 1. The summed E-state index contributed by atoms with van der Waals surface area (Å²) >= 11 is 0. The van der Waals surface area contributed by atoms with E-state index in [0.717, 1.165) is 67.6 Å². The number of hydrogen-bond acceptors (Lipinski definition) is 12. The van der Waals surface area contributed by atoms with Gasteiger partial charge in [-0.3, -0.25) is 15.2 Å². The van der Waals surface area contributed by atoms with Crippen LogP contribution in [0.5, 0.6) is 11.8 Å². The zero-order valence-corrected chi connectivity index (χ0v) is 26.5. The van der Waals surface area contributed by atoms with Crippen LogP contribution in [-0.4, -0.2) is 98.2 Å². The van der Waals surface area contributed by atoms with E-state index in [-0.39, 0.29) is 29.8 Å². The SMILES string of the molecule is CN=Cc1c(N)ccc2c1[C@]1(CCCc3c(-c4nc(O[C@@H]5CNCOC5)cc(O[C@@H](C)[C@@H]5C[C@@H](OC)CN5C)n4)noc31)CC2. The minimum atomic E-state index is -0.321. The number of aliphatic imine (C=N–C) groups is 1. The number of rotatable bonds is 8. The lowest BCUT2D eigenvalue weighted by molar-refractivity contribution is 0.00105. The van der Waals surface area contributed by atoms with Gasteiger partial charge >= 0.3 is 0 Å². The molecule has 3 N–H and O–H groups in total. The molecule has 2 saturated heterocycles. The van der Waals surface area contributed by atoms with Crippen molar-refractivity contribution in [1.29, 1.82) is 0 Å². The molecule has 0 bridgehead atoms. The highest BCUT2D eigenvalue weighted by atomic mass is 16.5. The van der Waals surface area contributed by atoms with Gasteiger partial charge in [0.15, 0.2) is 17.3 Å². The molecule has 45 heavy (non-hydrogen) atoms. The molecule has 5 atom stereocenters. The lowest BCUT2D eigenvalue weighted by Gasteiger charge is -2.33. The Hall–Kier alpha value is -3.58. The van der Waals surface area contributed by atoms with Gasteiger partial charge in [0.1, 0.15) is 12.2 Å². The van der Waals surface area contributed by atoms with Crippen LogP contribution in [0.1, 0.15) is 60.6 Å². The number of ether oxygens (including phenoxy) is 4. The predicted octanol–water partition coefficient (Wildman–Crippen LogP) is 3.14. The van der Waals surface area contributed by atoms with Crippen molar-refractivity contribution in [2.45, 2.75) is 75.2 Å². The first-order valence-electron chi connectivity index (χ1n) is 16.0. The molecule has 2 aromatic heterocycles. The number of likely N-dealkylation sites (N-methyl/N-ethyl adjacent to an activating group) is 1. The smallest absolute Gasteiger partial charge is 0.221 e. The maximum atomic E-state index is 6.51. The van der Waals surface area contributed by atoms with Gasteiger partial charge in [-0.25, -0.2) is 0 Å². The standard InChI is InChI=1S/C33H43N7O5/c1-19(26-12-21(41-4)16-40(26)3)43-27-13-28(44-22-14-36-18-42-17-22)38-32(37-27)30-23-6-5-10-33(31(23)45-39-30)11-9-20-7-8-25(34)24(15-35-2)29(20)33/h7-8,13,15,19,21-22,26,36H,5-6,9-12,14,16-18,34H2,1-4H3/t19-,21+,22+,26-,33-/m0/s1. The summed E-state index contributed by atoms with van der Waals surface area (Å²) in [6.45, 7) is 4.57. The second-order valence-corrected chi connectivity index (χ2v) is 12.8. The molecule has 2 aliphatic heterocycles. The molecule has 1 spiro atoms. The number of likely N-dealkylation sites (tertiary alicyclic amines) is 1. The first-order valence-corrected chi connectivity index (χ1v) is 16.0. The van der Waals surface area contributed by atoms with Gasteiger partial charge < -0.3 is 29.2 Å². The molecule has 0 radical (unpaired) electrons. The van der Waals surface area contributed by atoms with Crippen LogP contribution in [0.3, 0.4) is 0 Å². The number of nitrogens with zero attached hydrogens (tertiary/aromatic N) is 5. The Morgan fingerprint density at radius 3 is 2.84 bits per heavy atom. The number of nitrogens with one attached hydrogen (secondary N) is 1. The largest absolute Gasteiger partial charge is 0.473 e. The highest BCUT2D eigenvalue weighted by Gasteiger charge is 2.49. The zero-order valence-electron chi connectivity index (χ0n) is 26.5. The van der Waals surface area contributed by atoms with Crippen LogP contribution >= 0.6 is 0 Å². The Balaban J connectivity index is 1.26. The monoisotopic (exact) mass is 617 g/mol. The van der Waals surface area contributed by atoms with Crippen molar-refractivity contribution in [3.05, 3.63) is 46.2 Å². The van der Waals surface area contributed by atoms with E-state index in [2.05, 4.69) is 40.4 Å². The molecule has 0 amide bonds. The van der Waals surface area contributed by atoms with Crippen molar-refractivity contribution < 1.29 is 23.5 Å². The van der Waals surface area contributed by atoms with Gasteiger partial charge in [0, 0.05) is 56.3 Å². The molecule has 12 nitrogen and oxygen atoms in total. The minimum Gasteiger partial charge on any atom is -0.473 e. The highest BCUT2D eigenvalue weighted by molar-refractivity contribution is 5.91. The molecule has 0 saturated carbocycles. The van der Waals surface area contributed by atoms with Crippen LogP contribution in [0, 0.1) is 0 Å². The van der Waals surface area contributed by atoms with Gasteiger partial charge in [-0.05, 0) is 69.7 Å². The van der Waals surface area contributed by atoms with E-state index >= 15 is 0 Å². The quantitative estimate of drug-likeness (QED) is 0.284. The molecule has 2 aliphatic carbocycles. The predicted molar refractivity (Wildman–Crippen MR) is 169 cm³/mol. The van der Waals surface area contributed by atoms with Crippen LogP contribution in [0.15, 0.2) is 27.7 Å². The summed E-state index contributed by atoms with van der Waals surface area (Å²) < 4.78 is 30.3. The summed E-state index contributed by atoms with van der Waals surface area (Å²) in [6.07, 6.45) is 7.24. The Morgan fingerprint density at radius 2 is 2.07 bits per heavy atom. The van der Waals surface area contributed by atoms with E-state index < -0.39 is 0 Å². The second-order valence-electron chi connectivity index (χ2n) is 12.8. The van der Waals surface area contributed by atoms with E-state index in [0.29, 0.717) is 43.2 Å². The number of methoxy groups -OCH3 is 1. The highest BCUT2D eigenvalue weighted by Crippen LogP contribution is 2.54. The third-order valence-electron chi connectivity index (χ3n) is 9.98. The van der Waals surface area contributed by atoms with Gasteiger partial charge in [0.05, 0.1) is 30.9 Å². The van der Waals surface area contributed by atoms with Crippen LogP contribution in [0.25, 0.3) is 11.5 Å². The van der Waals surface area contributed by atoms with Gasteiger partial charge in [-0.1, -0.05) is 11.2 Å². The lowest BCUT2D eigenvalue weighted by atomic mass is 9.68. The molecule has 1 aromatic carbocycles. The molecule has 12 heteroatoms. The Kier molecular flexibility index (Phi) is 8.23. The number of aryl methyl sites for hydroxylation is 1. The third kappa shape index (κ3) is 5.47. The zero-order chi connectivity index (χ0) is 31.1. The maximum absolute atomic E-state index is 6.51. The van der Waals surface area contributed by atoms with Crippen molar-refractivity contribution in [3.8, 4) is 23.3 Å². The van der Waals surface area contributed by atoms with Crippen molar-refractivity contribution in [3.63, 3.8) is 0 Å². The number of aromatic nitrogens is 3. The van der Waals surface area contributed by atoms with Gasteiger partial charge in [0.2, 0.25) is 11.8 Å². The van der Waals surface area contributed by atoms with Crippen molar-refractivity contribution in [2.24, 2.45) is 4.99 Å². The summed E-state index contributed by atoms with van der Waals surface area (Å²) in [5.74, 6) is 2.16. The molecule has 4 aliphatic rings. The average Bonchev–Trinajstić information content (AvgIpc) is 3.75. The average molecular weight is 618 g/mol. The van der Waals surface area contributed by atoms with Crippen molar-refractivity contribution in [2.75, 3.05) is 53.4 Å². The van der Waals surface area contributed by atoms with Crippen LogP contribution in [-0.2, 0) is 27.7 Å². The van der Waals surface area contributed by atoms with Gasteiger partial charge in [0.25, 0.3) is 0 Å². The summed E-state index contributed by atoms with van der Waals surface area (Å²) in [5.41, 5.74) is 12.0. The fourth-order valence-corrected chi connectivity index (χ4v) is 7.83. The Morgan fingerprint density at radius 1 is 1.20 bits per heavy atom. The van der Waals surface area contributed by atoms with Crippen molar-refractivity contribution >= 4 is 11.9 Å². The minimum absolute atomic E-state index is 0.140. The topological polar surface area (TPSA) is 142 Å². The third-order valence-corrected chi connectivity index (χ3v) is 9.98. The molecule has 0 unspecified atom stereocenters. The number of hydrogen-bond donors (Lipinski definition) is 2. The van der Waals surface area contributed by atoms with E-state index in [1.165, 1.54) is 11.1 Å². The molecular weight excluding hydrogens is 574 g/mol. The molecule has 4 heterocycles. The van der Waals surface area contributed by atoms with Crippen LogP contribution in [0.2, 0.25) is 0 Å². The van der Waals surface area contributed by atoms with E-state index in [4.69, 9.17) is 39.2 Å². The fourth-order valence-electron chi connectivity index (χ4n) is 7.83. The second kappa shape index (κ2) is 12.3. The number of fused-ring (bicyclic) bond motifs is 4. The maximum Gasteiger partial charge on any atom is 0.221 e. The lowest BCUT2D eigenvalue weighted by Crippen LogP contribution is -2.42.